The number of hydrogen-bond acceptors (Lipinski definition) is 7. The molecule has 0 saturated heterocycles. The number of carbonyl (C=O) groups excluding carboxylic acids is 2. The van der Waals surface area contributed by atoms with Crippen molar-refractivity contribution in [2.24, 2.45) is 45.8 Å². The number of fused-ring (bicyclic) bond motifs is 7. The van der Waals surface area contributed by atoms with Crippen molar-refractivity contribution < 1.29 is 19.2 Å². The van der Waals surface area contributed by atoms with Crippen molar-refractivity contribution in [2.45, 2.75) is 91.6 Å². The number of nitrogens with zero attached hydrogens (tertiary/aromatic N) is 3. The van der Waals surface area contributed by atoms with Crippen LogP contribution in [0.3, 0.4) is 0 Å². The molecule has 5 aliphatic rings. The van der Waals surface area contributed by atoms with E-state index in [1.54, 1.807) is 0 Å². The number of hydrogen-bond donors (Lipinski definition) is 1. The molecular weight excluding hydrogens is 478 g/mol. The molecule has 38 heavy (non-hydrogen) atoms. The van der Waals surface area contributed by atoms with Crippen LogP contribution in [0.1, 0.15) is 91.3 Å². The minimum absolute atomic E-state index is 0.0508. The Balaban J connectivity index is 1.49. The largest absolute Gasteiger partial charge is 0.388 e. The van der Waals surface area contributed by atoms with Gasteiger partial charge in [-0.25, -0.2) is 0 Å². The van der Waals surface area contributed by atoms with Crippen molar-refractivity contribution in [3.05, 3.63) is 35.0 Å². The highest BCUT2D eigenvalue weighted by Crippen LogP contribution is 2.70. The van der Waals surface area contributed by atoms with E-state index < -0.39 is 10.8 Å². The summed E-state index contributed by atoms with van der Waals surface area (Å²) in [7, 11) is 0. The number of rotatable bonds is 2. The van der Waals surface area contributed by atoms with Crippen LogP contribution in [0.4, 0.5) is 0 Å². The number of allylic oxidation sites excluding steroid dienone is 4. The summed E-state index contributed by atoms with van der Waals surface area (Å²) in [5.41, 5.74) is -0.342. The number of aromatic nitrogens is 2. The molecule has 0 aliphatic heterocycles. The van der Waals surface area contributed by atoms with Gasteiger partial charge in [-0.2, -0.15) is 10.2 Å². The predicted molar refractivity (Wildman–Crippen MR) is 139 cm³/mol. The molecule has 3 saturated carbocycles. The molecule has 7 nitrogen and oxygen atoms in total. The third-order valence-electron chi connectivity index (χ3n) is 11.9. The van der Waals surface area contributed by atoms with E-state index in [4.69, 9.17) is 4.52 Å². The van der Waals surface area contributed by atoms with Gasteiger partial charge >= 0.3 is 0 Å². The smallest absolute Gasteiger partial charge is 0.233 e. The zero-order valence-corrected chi connectivity index (χ0v) is 23.2. The Morgan fingerprint density at radius 3 is 2.58 bits per heavy atom. The Morgan fingerprint density at radius 2 is 1.89 bits per heavy atom. The first-order valence-electron chi connectivity index (χ1n) is 14.3. The topological polar surface area (TPSA) is 117 Å². The zero-order valence-electron chi connectivity index (χ0n) is 23.2. The van der Waals surface area contributed by atoms with Crippen molar-refractivity contribution in [1.82, 2.24) is 10.1 Å². The van der Waals surface area contributed by atoms with E-state index in [0.29, 0.717) is 17.6 Å². The first-order valence-corrected chi connectivity index (χ1v) is 14.3. The second-order valence-electron chi connectivity index (χ2n) is 13.9. The summed E-state index contributed by atoms with van der Waals surface area (Å²) in [6.07, 6.45) is 10.5. The van der Waals surface area contributed by atoms with Crippen LogP contribution in [0.25, 0.3) is 0 Å². The van der Waals surface area contributed by atoms with Crippen molar-refractivity contribution >= 4 is 11.6 Å². The first-order chi connectivity index (χ1) is 17.9. The van der Waals surface area contributed by atoms with Crippen LogP contribution in [0, 0.1) is 57.2 Å². The zero-order chi connectivity index (χ0) is 27.3. The summed E-state index contributed by atoms with van der Waals surface area (Å²) in [6, 6.07) is 2.17. The SMILES string of the molecule is CC1CCCC2(c3nc(CO)no3)CCC3C(C(=O)C=C4C5(C)C=C(C#N)C(=O)C(C)(C)C5CCC43C)C12. The predicted octanol–water partition coefficient (Wildman–Crippen LogP) is 5.25. The van der Waals surface area contributed by atoms with Gasteiger partial charge < -0.3 is 9.63 Å². The van der Waals surface area contributed by atoms with E-state index in [0.717, 1.165) is 50.5 Å². The molecule has 202 valence electrons. The highest BCUT2D eigenvalue weighted by atomic mass is 16.5. The maximum atomic E-state index is 14.3. The Bertz CT molecular complexity index is 1320. The van der Waals surface area contributed by atoms with Crippen LogP contribution in [-0.2, 0) is 21.6 Å². The average Bonchev–Trinajstić information content (AvgIpc) is 3.38. The van der Waals surface area contributed by atoms with Crippen LogP contribution in [-0.4, -0.2) is 26.8 Å². The minimum Gasteiger partial charge on any atom is -0.388 e. The third kappa shape index (κ3) is 3.10. The third-order valence-corrected chi connectivity index (χ3v) is 11.9. The van der Waals surface area contributed by atoms with E-state index in [1.165, 1.54) is 0 Å². The standard InChI is InChI=1S/C31H39N3O4/c1-17-7-6-10-31(27-33-23(16-35)34-38-27)12-8-19-24(25(17)31)20(36)13-22-29(19,4)11-9-21-28(2,3)26(37)18(15-32)14-30(21,22)5/h13-14,17,19,21,24-25,35H,6-12,16H2,1-5H3. The van der Waals surface area contributed by atoms with E-state index in [9.17, 15) is 20.0 Å². The quantitative estimate of drug-likeness (QED) is 0.569. The number of Topliss-reactive ketones (excluding diaryl/α,β-unsaturated/α-hetero) is 1. The molecular formula is C31H39N3O4. The molecule has 0 bridgehead atoms. The second-order valence-corrected chi connectivity index (χ2v) is 13.9. The summed E-state index contributed by atoms with van der Waals surface area (Å²) in [4.78, 5) is 32.1. The highest BCUT2D eigenvalue weighted by molar-refractivity contribution is 6.04. The summed E-state index contributed by atoms with van der Waals surface area (Å²) in [6.45, 7) is 10.5. The Labute approximate surface area is 224 Å². The second kappa shape index (κ2) is 8.21. The number of aliphatic hydroxyl groups excluding tert-OH is 1. The van der Waals surface area contributed by atoms with E-state index in [-0.39, 0.29) is 58.2 Å². The van der Waals surface area contributed by atoms with Gasteiger partial charge in [-0.3, -0.25) is 9.59 Å². The lowest BCUT2D eigenvalue weighted by atomic mass is 9.38. The monoisotopic (exact) mass is 517 g/mol. The lowest BCUT2D eigenvalue weighted by Crippen LogP contribution is -2.61. The molecule has 5 aliphatic carbocycles. The van der Waals surface area contributed by atoms with Crippen molar-refractivity contribution in [2.75, 3.05) is 0 Å². The highest BCUT2D eigenvalue weighted by Gasteiger charge is 2.66. The molecule has 1 aromatic heterocycles. The normalized spacial score (nSPS) is 43.6. The Morgan fingerprint density at radius 1 is 1.13 bits per heavy atom. The molecule has 1 heterocycles. The lowest BCUT2D eigenvalue weighted by molar-refractivity contribution is -0.142. The molecule has 1 aromatic rings. The molecule has 8 atom stereocenters. The maximum absolute atomic E-state index is 14.3. The van der Waals surface area contributed by atoms with Crippen molar-refractivity contribution in [1.29, 1.82) is 5.26 Å². The fourth-order valence-electron chi connectivity index (χ4n) is 10.3. The summed E-state index contributed by atoms with van der Waals surface area (Å²) in [5, 5.41) is 23.5. The summed E-state index contributed by atoms with van der Waals surface area (Å²) in [5.74, 6) is 1.54. The van der Waals surface area contributed by atoms with Gasteiger partial charge in [-0.1, -0.05) is 64.3 Å². The average molecular weight is 518 g/mol. The Kier molecular flexibility index (Phi) is 5.55. The summed E-state index contributed by atoms with van der Waals surface area (Å²) < 4.78 is 5.78. The number of nitriles is 1. The van der Waals surface area contributed by atoms with E-state index in [2.05, 4.69) is 37.0 Å². The van der Waals surface area contributed by atoms with Crippen LogP contribution in [0.2, 0.25) is 0 Å². The molecule has 0 amide bonds. The Hall–Kier alpha value is -2.59. The van der Waals surface area contributed by atoms with Gasteiger partial charge in [0.25, 0.3) is 0 Å². The molecule has 0 aromatic carbocycles. The van der Waals surface area contributed by atoms with Crippen LogP contribution in [0.5, 0.6) is 0 Å². The number of ketones is 2. The van der Waals surface area contributed by atoms with Crippen LogP contribution < -0.4 is 0 Å². The van der Waals surface area contributed by atoms with E-state index >= 15 is 0 Å². The van der Waals surface area contributed by atoms with Crippen molar-refractivity contribution in [3.8, 4) is 6.07 Å². The van der Waals surface area contributed by atoms with Crippen molar-refractivity contribution in [3.63, 3.8) is 0 Å². The van der Waals surface area contributed by atoms with Gasteiger partial charge in [0.2, 0.25) is 5.89 Å². The minimum atomic E-state index is -0.654. The molecule has 3 fully saturated rings. The van der Waals surface area contributed by atoms with Crippen LogP contribution >= 0.6 is 0 Å². The van der Waals surface area contributed by atoms with Gasteiger partial charge in [0.05, 0.1) is 11.0 Å². The van der Waals surface area contributed by atoms with Gasteiger partial charge in [-0.15, -0.1) is 0 Å². The molecule has 7 heteroatoms. The maximum Gasteiger partial charge on any atom is 0.233 e. The van der Waals surface area contributed by atoms with E-state index in [1.807, 2.05) is 26.0 Å². The van der Waals surface area contributed by atoms with Gasteiger partial charge in [0.1, 0.15) is 12.7 Å². The molecule has 6 rings (SSSR count). The van der Waals surface area contributed by atoms with Gasteiger partial charge in [0, 0.05) is 16.7 Å². The van der Waals surface area contributed by atoms with Gasteiger partial charge in [0.15, 0.2) is 17.4 Å². The fourth-order valence-corrected chi connectivity index (χ4v) is 10.3. The number of aliphatic hydroxyl groups is 1. The molecule has 0 radical (unpaired) electrons. The fraction of sp³-hybridized carbons (Fsp3) is 0.710. The molecule has 0 spiro atoms. The lowest BCUT2D eigenvalue weighted by Gasteiger charge is -2.64. The molecule has 1 N–H and O–H groups in total. The molecule has 8 unspecified atom stereocenters. The van der Waals surface area contributed by atoms with Crippen LogP contribution in [0.15, 0.2) is 27.8 Å². The summed E-state index contributed by atoms with van der Waals surface area (Å²) >= 11 is 0. The number of carbonyl (C=O) groups is 2. The first kappa shape index (κ1) is 25.7. The van der Waals surface area contributed by atoms with Gasteiger partial charge in [-0.05, 0) is 67.3 Å².